The molecule has 1 unspecified atom stereocenters. The summed E-state index contributed by atoms with van der Waals surface area (Å²) in [5, 5.41) is 19.4. The van der Waals surface area contributed by atoms with E-state index in [0.29, 0.717) is 17.1 Å². The number of aromatic amines is 1. The topological polar surface area (TPSA) is 105 Å². The lowest BCUT2D eigenvalue weighted by atomic mass is 10.0. The maximum Gasteiger partial charge on any atom is 0.356 e. The van der Waals surface area contributed by atoms with Crippen LogP contribution >= 0.6 is 0 Å². The van der Waals surface area contributed by atoms with E-state index in [1.54, 1.807) is 18.2 Å². The first kappa shape index (κ1) is 13.9. The number of hydrogen-bond donors (Lipinski definition) is 3. The molecule has 0 aliphatic rings. The number of aromatic nitrogens is 2. The van der Waals surface area contributed by atoms with Gasteiger partial charge in [0, 0.05) is 5.56 Å². The Kier molecular flexibility index (Phi) is 3.90. The van der Waals surface area contributed by atoms with E-state index < -0.39 is 12.1 Å². The molecule has 0 spiro atoms. The van der Waals surface area contributed by atoms with Gasteiger partial charge in [-0.05, 0) is 18.2 Å². The van der Waals surface area contributed by atoms with Gasteiger partial charge in [0.25, 0.3) is 0 Å². The van der Waals surface area contributed by atoms with Crippen molar-refractivity contribution in [3.8, 4) is 11.5 Å². The van der Waals surface area contributed by atoms with Gasteiger partial charge in [-0.1, -0.05) is 0 Å². The first-order valence-corrected chi connectivity index (χ1v) is 5.75. The van der Waals surface area contributed by atoms with E-state index >= 15 is 0 Å². The number of aliphatic hydroxyl groups is 1. The fourth-order valence-electron chi connectivity index (χ4n) is 1.89. The maximum atomic E-state index is 11.0. The molecule has 1 aromatic heterocycles. The van der Waals surface area contributed by atoms with Gasteiger partial charge < -0.3 is 24.7 Å². The molecule has 7 nitrogen and oxygen atoms in total. The molecular formula is C13H14N2O5. The van der Waals surface area contributed by atoms with Gasteiger partial charge in [-0.25, -0.2) is 9.78 Å². The van der Waals surface area contributed by atoms with Crippen LogP contribution in [0.25, 0.3) is 0 Å². The number of carboxylic acids is 1. The molecule has 106 valence electrons. The maximum absolute atomic E-state index is 11.0. The SMILES string of the molecule is COc1ccc(OC)c(C(O)c2[nH]cnc2C(=O)O)c1. The van der Waals surface area contributed by atoms with E-state index in [1.165, 1.54) is 20.5 Å². The summed E-state index contributed by atoms with van der Waals surface area (Å²) in [4.78, 5) is 17.4. The molecule has 1 heterocycles. The molecule has 7 heteroatoms. The lowest BCUT2D eigenvalue weighted by molar-refractivity contribution is 0.0685. The standard InChI is InChI=1S/C13H14N2O5/c1-19-7-3-4-9(20-2)8(5-7)12(16)10-11(13(17)18)15-6-14-10/h3-6,12,16H,1-2H3,(H,14,15)(H,17,18). The van der Waals surface area contributed by atoms with Crippen molar-refractivity contribution in [2.75, 3.05) is 14.2 Å². The smallest absolute Gasteiger partial charge is 0.356 e. The summed E-state index contributed by atoms with van der Waals surface area (Å²) in [6, 6.07) is 4.89. The zero-order valence-electron chi connectivity index (χ0n) is 11.0. The molecule has 0 aliphatic carbocycles. The molecule has 0 saturated carbocycles. The van der Waals surface area contributed by atoms with Crippen LogP contribution in [0.2, 0.25) is 0 Å². The third-order valence-corrected chi connectivity index (χ3v) is 2.88. The Morgan fingerprint density at radius 2 is 2.10 bits per heavy atom. The van der Waals surface area contributed by atoms with E-state index in [9.17, 15) is 9.90 Å². The minimum atomic E-state index is -1.22. The van der Waals surface area contributed by atoms with Gasteiger partial charge in [-0.15, -0.1) is 0 Å². The van der Waals surface area contributed by atoms with Gasteiger partial charge in [-0.3, -0.25) is 0 Å². The normalized spacial score (nSPS) is 11.9. The van der Waals surface area contributed by atoms with E-state index in [1.807, 2.05) is 0 Å². The number of nitrogens with zero attached hydrogens (tertiary/aromatic N) is 1. The zero-order valence-corrected chi connectivity index (χ0v) is 11.0. The number of carbonyl (C=O) groups is 1. The second-order valence-corrected chi connectivity index (χ2v) is 3.98. The quantitative estimate of drug-likeness (QED) is 0.759. The summed E-state index contributed by atoms with van der Waals surface area (Å²) in [5.74, 6) is -0.275. The highest BCUT2D eigenvalue weighted by atomic mass is 16.5. The fourth-order valence-corrected chi connectivity index (χ4v) is 1.89. The number of aliphatic hydroxyl groups excluding tert-OH is 1. The summed E-state index contributed by atoms with van der Waals surface area (Å²) in [5.41, 5.74) is 0.241. The summed E-state index contributed by atoms with van der Waals surface area (Å²) in [6.07, 6.45) is 0.00271. The molecule has 0 amide bonds. The van der Waals surface area contributed by atoms with Crippen LogP contribution in [-0.2, 0) is 0 Å². The van der Waals surface area contributed by atoms with E-state index in [4.69, 9.17) is 14.6 Å². The largest absolute Gasteiger partial charge is 0.497 e. The van der Waals surface area contributed by atoms with E-state index in [0.717, 1.165) is 0 Å². The number of hydrogen-bond acceptors (Lipinski definition) is 5. The van der Waals surface area contributed by atoms with Gasteiger partial charge in [0.05, 0.1) is 26.2 Å². The predicted molar refractivity (Wildman–Crippen MR) is 69.2 cm³/mol. The average Bonchev–Trinajstić information content (AvgIpc) is 2.95. The Hall–Kier alpha value is -2.54. The molecule has 1 atom stereocenters. The molecule has 0 aliphatic heterocycles. The number of benzene rings is 1. The Labute approximate surface area is 114 Å². The highest BCUT2D eigenvalue weighted by Gasteiger charge is 2.24. The van der Waals surface area contributed by atoms with Gasteiger partial charge in [0.15, 0.2) is 5.69 Å². The van der Waals surface area contributed by atoms with Crippen LogP contribution in [0.4, 0.5) is 0 Å². The van der Waals surface area contributed by atoms with Crippen LogP contribution in [0, 0.1) is 0 Å². The van der Waals surface area contributed by atoms with Crippen molar-refractivity contribution in [3.63, 3.8) is 0 Å². The Balaban J connectivity index is 2.49. The molecule has 2 aromatic rings. The monoisotopic (exact) mass is 278 g/mol. The summed E-state index contributed by atoms with van der Waals surface area (Å²) in [7, 11) is 2.96. The molecule has 0 radical (unpaired) electrons. The Morgan fingerprint density at radius 1 is 1.35 bits per heavy atom. The zero-order chi connectivity index (χ0) is 14.7. The molecule has 1 aromatic carbocycles. The summed E-state index contributed by atoms with van der Waals surface area (Å²) >= 11 is 0. The number of carboxylic acid groups (broad SMARTS) is 1. The number of H-pyrrole nitrogens is 1. The van der Waals surface area contributed by atoms with Crippen LogP contribution in [0.15, 0.2) is 24.5 Å². The van der Waals surface area contributed by atoms with Gasteiger partial charge in [0.2, 0.25) is 0 Å². The molecular weight excluding hydrogens is 264 g/mol. The van der Waals surface area contributed by atoms with Crippen molar-refractivity contribution in [2.24, 2.45) is 0 Å². The average molecular weight is 278 g/mol. The number of rotatable bonds is 5. The number of methoxy groups -OCH3 is 2. The predicted octanol–water partition coefficient (Wildman–Crippen LogP) is 1.21. The highest BCUT2D eigenvalue weighted by Crippen LogP contribution is 2.33. The molecule has 2 rings (SSSR count). The first-order valence-electron chi connectivity index (χ1n) is 5.75. The van der Waals surface area contributed by atoms with Gasteiger partial charge in [-0.2, -0.15) is 0 Å². The Bertz CT molecular complexity index is 623. The Morgan fingerprint density at radius 3 is 2.70 bits per heavy atom. The first-order chi connectivity index (χ1) is 9.58. The van der Waals surface area contributed by atoms with Gasteiger partial charge >= 0.3 is 5.97 Å². The van der Waals surface area contributed by atoms with Crippen LogP contribution in [-0.4, -0.2) is 40.4 Å². The van der Waals surface area contributed by atoms with E-state index in [-0.39, 0.29) is 11.4 Å². The molecule has 3 N–H and O–H groups in total. The van der Waals surface area contributed by atoms with Crippen molar-refractivity contribution in [1.29, 1.82) is 0 Å². The second kappa shape index (κ2) is 5.62. The lowest BCUT2D eigenvalue weighted by Gasteiger charge is -2.15. The van der Waals surface area contributed by atoms with Crippen LogP contribution in [0.5, 0.6) is 11.5 Å². The van der Waals surface area contributed by atoms with Crippen LogP contribution in [0.1, 0.15) is 27.8 Å². The molecule has 0 fully saturated rings. The molecule has 0 bridgehead atoms. The van der Waals surface area contributed by atoms with Crippen molar-refractivity contribution in [3.05, 3.63) is 41.5 Å². The van der Waals surface area contributed by atoms with Crippen molar-refractivity contribution in [1.82, 2.24) is 9.97 Å². The lowest BCUT2D eigenvalue weighted by Crippen LogP contribution is -2.09. The summed E-state index contributed by atoms with van der Waals surface area (Å²) < 4.78 is 10.3. The van der Waals surface area contributed by atoms with Crippen LogP contribution < -0.4 is 9.47 Å². The number of nitrogens with one attached hydrogen (secondary N) is 1. The van der Waals surface area contributed by atoms with Gasteiger partial charge in [0.1, 0.15) is 17.6 Å². The molecule has 20 heavy (non-hydrogen) atoms. The van der Waals surface area contributed by atoms with Crippen molar-refractivity contribution in [2.45, 2.75) is 6.10 Å². The number of ether oxygens (including phenoxy) is 2. The number of imidazole rings is 1. The van der Waals surface area contributed by atoms with Crippen molar-refractivity contribution >= 4 is 5.97 Å². The van der Waals surface area contributed by atoms with Crippen LogP contribution in [0.3, 0.4) is 0 Å². The van der Waals surface area contributed by atoms with E-state index in [2.05, 4.69) is 9.97 Å². The fraction of sp³-hybridized carbons (Fsp3) is 0.231. The summed E-state index contributed by atoms with van der Waals surface area (Å²) in [6.45, 7) is 0. The second-order valence-electron chi connectivity index (χ2n) is 3.98. The third-order valence-electron chi connectivity index (χ3n) is 2.88. The molecule has 0 saturated heterocycles. The highest BCUT2D eigenvalue weighted by molar-refractivity contribution is 5.87. The number of aromatic carboxylic acids is 1. The third kappa shape index (κ3) is 2.43. The van der Waals surface area contributed by atoms with Crippen molar-refractivity contribution < 1.29 is 24.5 Å². The minimum Gasteiger partial charge on any atom is -0.497 e. The minimum absolute atomic E-state index is 0.0871.